The molecule has 0 N–H and O–H groups in total. The SMILES string of the molecule is Cc1cc(C(=O)C2=CCCO2)co1. The van der Waals surface area contributed by atoms with Crippen LogP contribution in [0, 0.1) is 6.92 Å². The molecule has 1 aliphatic heterocycles. The fraction of sp³-hybridized carbons (Fsp3) is 0.300. The van der Waals surface area contributed by atoms with Gasteiger partial charge in [0, 0.05) is 6.42 Å². The lowest BCUT2D eigenvalue weighted by molar-refractivity contribution is 0.0941. The van der Waals surface area contributed by atoms with Crippen LogP contribution in [0.5, 0.6) is 0 Å². The molecule has 0 spiro atoms. The number of Topliss-reactive ketones (excluding diaryl/α,β-unsaturated/α-hetero) is 1. The predicted molar refractivity (Wildman–Crippen MR) is 46.4 cm³/mol. The minimum Gasteiger partial charge on any atom is -0.489 e. The van der Waals surface area contributed by atoms with Gasteiger partial charge in [-0.25, -0.2) is 0 Å². The molecule has 1 aliphatic rings. The molecule has 0 radical (unpaired) electrons. The third-order valence-corrected chi connectivity index (χ3v) is 1.92. The number of carbonyl (C=O) groups excluding carboxylic acids is 1. The van der Waals surface area contributed by atoms with Crippen LogP contribution in [0.1, 0.15) is 22.5 Å². The third-order valence-electron chi connectivity index (χ3n) is 1.92. The van der Waals surface area contributed by atoms with E-state index in [9.17, 15) is 4.79 Å². The van der Waals surface area contributed by atoms with E-state index >= 15 is 0 Å². The van der Waals surface area contributed by atoms with Gasteiger partial charge in [0.05, 0.1) is 12.2 Å². The summed E-state index contributed by atoms with van der Waals surface area (Å²) in [6, 6.07) is 1.71. The van der Waals surface area contributed by atoms with Crippen LogP contribution in [0.4, 0.5) is 0 Å². The van der Waals surface area contributed by atoms with Crippen LogP contribution in [0.15, 0.2) is 28.6 Å². The van der Waals surface area contributed by atoms with Crippen molar-refractivity contribution >= 4 is 5.78 Å². The highest BCUT2D eigenvalue weighted by Gasteiger charge is 2.18. The molecule has 3 nitrogen and oxygen atoms in total. The third kappa shape index (κ3) is 1.49. The summed E-state index contributed by atoms with van der Waals surface area (Å²) in [7, 11) is 0. The van der Waals surface area contributed by atoms with Crippen LogP contribution in [-0.2, 0) is 4.74 Å². The van der Waals surface area contributed by atoms with E-state index in [0.717, 1.165) is 12.2 Å². The van der Waals surface area contributed by atoms with E-state index in [-0.39, 0.29) is 5.78 Å². The minimum atomic E-state index is -0.0886. The summed E-state index contributed by atoms with van der Waals surface area (Å²) in [5.41, 5.74) is 0.561. The highest BCUT2D eigenvalue weighted by molar-refractivity contribution is 6.07. The molecule has 0 aromatic carbocycles. The maximum Gasteiger partial charge on any atom is 0.230 e. The Balaban J connectivity index is 2.22. The van der Waals surface area contributed by atoms with Crippen molar-refractivity contribution < 1.29 is 13.9 Å². The summed E-state index contributed by atoms with van der Waals surface area (Å²) < 4.78 is 10.2. The number of furan rings is 1. The quantitative estimate of drug-likeness (QED) is 0.651. The molecule has 2 heterocycles. The van der Waals surface area contributed by atoms with Crippen molar-refractivity contribution in [3.63, 3.8) is 0 Å². The van der Waals surface area contributed by atoms with Gasteiger partial charge < -0.3 is 9.15 Å². The Morgan fingerprint density at radius 2 is 2.38 bits per heavy atom. The number of ketones is 1. The van der Waals surface area contributed by atoms with Crippen LogP contribution in [0.3, 0.4) is 0 Å². The molecular formula is C10H10O3. The van der Waals surface area contributed by atoms with Crippen LogP contribution in [0.2, 0.25) is 0 Å². The Hall–Kier alpha value is -1.51. The fourth-order valence-corrected chi connectivity index (χ4v) is 1.28. The average Bonchev–Trinajstić information content (AvgIpc) is 2.72. The standard InChI is InChI=1S/C10H10O3/c1-7-5-8(6-13-7)10(11)9-3-2-4-12-9/h3,5-6H,2,4H2,1H3. The fourth-order valence-electron chi connectivity index (χ4n) is 1.28. The lowest BCUT2D eigenvalue weighted by atomic mass is 10.2. The molecule has 0 saturated carbocycles. The lowest BCUT2D eigenvalue weighted by Gasteiger charge is -1.98. The zero-order chi connectivity index (χ0) is 9.26. The summed E-state index contributed by atoms with van der Waals surface area (Å²) in [5.74, 6) is 1.09. The maximum atomic E-state index is 11.6. The average molecular weight is 178 g/mol. The van der Waals surface area contributed by atoms with Gasteiger partial charge in [0.15, 0.2) is 5.76 Å². The number of ether oxygens (including phenoxy) is 1. The Labute approximate surface area is 76.0 Å². The highest BCUT2D eigenvalue weighted by Crippen LogP contribution is 2.17. The summed E-state index contributed by atoms with van der Waals surface area (Å²) >= 11 is 0. The Bertz CT molecular complexity index is 360. The van der Waals surface area contributed by atoms with Gasteiger partial charge in [-0.1, -0.05) is 0 Å². The molecule has 1 aromatic rings. The smallest absolute Gasteiger partial charge is 0.230 e. The van der Waals surface area contributed by atoms with E-state index in [2.05, 4.69) is 0 Å². The summed E-state index contributed by atoms with van der Waals surface area (Å²) in [6.45, 7) is 2.42. The number of carbonyl (C=O) groups is 1. The lowest BCUT2D eigenvalue weighted by Crippen LogP contribution is -2.02. The second-order valence-electron chi connectivity index (χ2n) is 2.98. The maximum absolute atomic E-state index is 11.6. The Morgan fingerprint density at radius 1 is 1.54 bits per heavy atom. The van der Waals surface area contributed by atoms with Crippen molar-refractivity contribution in [2.75, 3.05) is 6.61 Å². The largest absolute Gasteiger partial charge is 0.489 e. The van der Waals surface area contributed by atoms with Crippen molar-refractivity contribution in [2.45, 2.75) is 13.3 Å². The normalized spacial score (nSPS) is 15.3. The molecule has 0 amide bonds. The van der Waals surface area contributed by atoms with Crippen molar-refractivity contribution in [1.82, 2.24) is 0 Å². The molecule has 0 atom stereocenters. The molecule has 1 aromatic heterocycles. The van der Waals surface area contributed by atoms with E-state index in [1.165, 1.54) is 6.26 Å². The summed E-state index contributed by atoms with van der Waals surface area (Å²) in [4.78, 5) is 11.6. The van der Waals surface area contributed by atoms with Crippen molar-refractivity contribution in [1.29, 1.82) is 0 Å². The van der Waals surface area contributed by atoms with Gasteiger partial charge in [-0.15, -0.1) is 0 Å². The van der Waals surface area contributed by atoms with Gasteiger partial charge in [0.1, 0.15) is 12.0 Å². The van der Waals surface area contributed by atoms with Crippen molar-refractivity contribution in [2.24, 2.45) is 0 Å². The first-order valence-corrected chi connectivity index (χ1v) is 4.20. The van der Waals surface area contributed by atoms with Gasteiger partial charge in [-0.2, -0.15) is 0 Å². The molecule has 0 unspecified atom stereocenters. The van der Waals surface area contributed by atoms with E-state index in [1.807, 2.05) is 6.08 Å². The molecule has 0 saturated heterocycles. The predicted octanol–water partition coefficient (Wildman–Crippen LogP) is 2.07. The topological polar surface area (TPSA) is 39.4 Å². The monoisotopic (exact) mass is 178 g/mol. The second-order valence-corrected chi connectivity index (χ2v) is 2.98. The van der Waals surface area contributed by atoms with E-state index in [0.29, 0.717) is 17.9 Å². The van der Waals surface area contributed by atoms with Gasteiger partial charge in [-0.05, 0) is 19.1 Å². The number of hydrogen-bond acceptors (Lipinski definition) is 3. The van der Waals surface area contributed by atoms with Crippen molar-refractivity contribution in [3.8, 4) is 0 Å². The Morgan fingerprint density at radius 3 is 2.92 bits per heavy atom. The summed E-state index contributed by atoms with van der Waals surface area (Å²) in [6.07, 6.45) is 4.09. The number of rotatable bonds is 2. The zero-order valence-corrected chi connectivity index (χ0v) is 7.37. The van der Waals surface area contributed by atoms with Crippen LogP contribution in [0.25, 0.3) is 0 Å². The number of hydrogen-bond donors (Lipinski definition) is 0. The molecule has 0 aliphatic carbocycles. The number of allylic oxidation sites excluding steroid dienone is 1. The van der Waals surface area contributed by atoms with E-state index < -0.39 is 0 Å². The zero-order valence-electron chi connectivity index (χ0n) is 7.37. The van der Waals surface area contributed by atoms with Gasteiger partial charge in [0.25, 0.3) is 0 Å². The van der Waals surface area contributed by atoms with E-state index in [4.69, 9.17) is 9.15 Å². The molecule has 0 fully saturated rings. The molecule has 13 heavy (non-hydrogen) atoms. The van der Waals surface area contributed by atoms with E-state index in [1.54, 1.807) is 13.0 Å². The molecule has 0 bridgehead atoms. The van der Waals surface area contributed by atoms with Gasteiger partial charge >= 0.3 is 0 Å². The first kappa shape index (κ1) is 8.10. The molecule has 2 rings (SSSR count). The van der Waals surface area contributed by atoms with Crippen LogP contribution < -0.4 is 0 Å². The minimum absolute atomic E-state index is 0.0886. The Kier molecular flexibility index (Phi) is 1.93. The molecule has 3 heteroatoms. The number of aryl methyl sites for hydroxylation is 1. The van der Waals surface area contributed by atoms with Gasteiger partial charge in [0.2, 0.25) is 5.78 Å². The highest BCUT2D eigenvalue weighted by atomic mass is 16.5. The first-order valence-electron chi connectivity index (χ1n) is 4.20. The van der Waals surface area contributed by atoms with Gasteiger partial charge in [-0.3, -0.25) is 4.79 Å². The van der Waals surface area contributed by atoms with Crippen LogP contribution in [-0.4, -0.2) is 12.4 Å². The second kappa shape index (κ2) is 3.09. The first-order chi connectivity index (χ1) is 6.27. The van der Waals surface area contributed by atoms with Crippen LogP contribution >= 0.6 is 0 Å². The van der Waals surface area contributed by atoms with Crippen molar-refractivity contribution in [3.05, 3.63) is 35.5 Å². The summed E-state index contributed by atoms with van der Waals surface area (Å²) in [5, 5.41) is 0. The molecular weight excluding hydrogens is 168 g/mol. The molecule has 68 valence electrons.